The van der Waals surface area contributed by atoms with Crippen LogP contribution in [0.2, 0.25) is 0 Å². The number of aryl methyl sites for hydroxylation is 2. The van der Waals surface area contributed by atoms with E-state index in [2.05, 4.69) is 4.98 Å². The molecular formula is C13H16N2O4S. The minimum absolute atomic E-state index is 0.142. The Morgan fingerprint density at radius 3 is 2.60 bits per heavy atom. The number of furan rings is 1. The molecule has 0 saturated heterocycles. The molecule has 0 aliphatic rings. The number of methoxy groups -OCH3 is 1. The summed E-state index contributed by atoms with van der Waals surface area (Å²) in [6.45, 7) is 3.32. The van der Waals surface area contributed by atoms with Gasteiger partial charge in [0.1, 0.15) is 22.1 Å². The van der Waals surface area contributed by atoms with Gasteiger partial charge in [0.25, 0.3) is 10.0 Å². The van der Waals surface area contributed by atoms with Crippen LogP contribution in [0.4, 0.5) is 5.69 Å². The van der Waals surface area contributed by atoms with Gasteiger partial charge in [-0.2, -0.15) is 0 Å². The molecule has 20 heavy (non-hydrogen) atoms. The van der Waals surface area contributed by atoms with Crippen LogP contribution in [0.3, 0.4) is 0 Å². The van der Waals surface area contributed by atoms with E-state index in [1.807, 2.05) is 0 Å². The van der Waals surface area contributed by atoms with Crippen LogP contribution in [0.15, 0.2) is 33.7 Å². The average Bonchev–Trinajstić information content (AvgIpc) is 2.77. The van der Waals surface area contributed by atoms with E-state index in [0.29, 0.717) is 17.2 Å². The third-order valence-corrected chi connectivity index (χ3v) is 4.80. The van der Waals surface area contributed by atoms with Gasteiger partial charge in [-0.3, -0.25) is 4.31 Å². The van der Waals surface area contributed by atoms with Crippen LogP contribution in [0.25, 0.3) is 0 Å². The Morgan fingerprint density at radius 1 is 1.35 bits per heavy atom. The SMILES string of the molecule is COc1ncccc1N(C)S(=O)(=O)c1cc(C)oc1C. The molecule has 0 N–H and O–H groups in total. The van der Waals surface area contributed by atoms with Gasteiger partial charge in [-0.05, 0) is 26.0 Å². The van der Waals surface area contributed by atoms with E-state index >= 15 is 0 Å². The van der Waals surface area contributed by atoms with Gasteiger partial charge < -0.3 is 9.15 Å². The first-order chi connectivity index (χ1) is 9.37. The third kappa shape index (κ3) is 2.36. The predicted molar refractivity (Wildman–Crippen MR) is 74.6 cm³/mol. The van der Waals surface area contributed by atoms with Crippen molar-refractivity contribution in [2.24, 2.45) is 0 Å². The molecule has 0 aliphatic carbocycles. The van der Waals surface area contributed by atoms with E-state index in [1.54, 1.807) is 26.0 Å². The second-order valence-corrected chi connectivity index (χ2v) is 6.22. The largest absolute Gasteiger partial charge is 0.479 e. The Kier molecular flexibility index (Phi) is 3.71. The van der Waals surface area contributed by atoms with Crippen LogP contribution in [0.5, 0.6) is 5.88 Å². The molecule has 0 unspecified atom stereocenters. The van der Waals surface area contributed by atoms with Crippen molar-refractivity contribution in [1.82, 2.24) is 4.98 Å². The normalized spacial score (nSPS) is 11.4. The summed E-state index contributed by atoms with van der Waals surface area (Å²) in [5, 5.41) is 0. The van der Waals surface area contributed by atoms with E-state index in [4.69, 9.17) is 9.15 Å². The highest BCUT2D eigenvalue weighted by Gasteiger charge is 2.28. The molecule has 0 aliphatic heterocycles. The van der Waals surface area contributed by atoms with Crippen molar-refractivity contribution in [2.75, 3.05) is 18.5 Å². The summed E-state index contributed by atoms with van der Waals surface area (Å²) < 4.78 is 36.8. The molecular weight excluding hydrogens is 280 g/mol. The molecule has 0 radical (unpaired) electrons. The molecule has 7 heteroatoms. The van der Waals surface area contributed by atoms with Gasteiger partial charge in [0, 0.05) is 19.3 Å². The summed E-state index contributed by atoms with van der Waals surface area (Å²) in [4.78, 5) is 4.14. The maximum Gasteiger partial charge on any atom is 0.267 e. The van der Waals surface area contributed by atoms with Crippen LogP contribution in [-0.4, -0.2) is 27.6 Å². The molecule has 0 fully saturated rings. The number of hydrogen-bond acceptors (Lipinski definition) is 5. The summed E-state index contributed by atoms with van der Waals surface area (Å²) in [5.74, 6) is 1.15. The van der Waals surface area contributed by atoms with E-state index < -0.39 is 10.0 Å². The van der Waals surface area contributed by atoms with E-state index in [-0.39, 0.29) is 10.8 Å². The van der Waals surface area contributed by atoms with E-state index in [0.717, 1.165) is 4.31 Å². The standard InChI is InChI=1S/C13H16N2O4S/c1-9-8-12(10(2)19-9)20(16,17)15(3)11-6-5-7-14-13(11)18-4/h5-8H,1-4H3. The fraction of sp³-hybridized carbons (Fsp3) is 0.308. The zero-order chi connectivity index (χ0) is 14.9. The molecule has 0 aromatic carbocycles. The monoisotopic (exact) mass is 296 g/mol. The topological polar surface area (TPSA) is 72.6 Å². The molecule has 2 aromatic rings. The van der Waals surface area contributed by atoms with Crippen molar-refractivity contribution in [1.29, 1.82) is 0 Å². The first-order valence-electron chi connectivity index (χ1n) is 5.93. The fourth-order valence-electron chi connectivity index (χ4n) is 1.92. The summed E-state index contributed by atoms with van der Waals surface area (Å²) in [7, 11) is -0.816. The van der Waals surface area contributed by atoms with E-state index in [9.17, 15) is 8.42 Å². The van der Waals surface area contributed by atoms with Gasteiger partial charge in [0.05, 0.1) is 7.11 Å². The Bertz CT molecular complexity index is 722. The Hall–Kier alpha value is -2.02. The average molecular weight is 296 g/mol. The van der Waals surface area contributed by atoms with Crippen molar-refractivity contribution in [3.63, 3.8) is 0 Å². The second kappa shape index (κ2) is 5.16. The second-order valence-electron chi connectivity index (χ2n) is 4.28. The lowest BCUT2D eigenvalue weighted by Gasteiger charge is -2.20. The number of ether oxygens (including phenoxy) is 1. The van der Waals surface area contributed by atoms with Gasteiger partial charge in [-0.15, -0.1) is 0 Å². The first-order valence-corrected chi connectivity index (χ1v) is 7.37. The molecule has 0 saturated carbocycles. The summed E-state index contributed by atoms with van der Waals surface area (Å²) in [6.07, 6.45) is 1.54. The van der Waals surface area contributed by atoms with Crippen LogP contribution < -0.4 is 9.04 Å². The molecule has 2 heterocycles. The third-order valence-electron chi connectivity index (χ3n) is 2.92. The number of pyridine rings is 1. The molecule has 0 spiro atoms. The summed E-state index contributed by atoms with van der Waals surface area (Å²) in [6, 6.07) is 4.78. The lowest BCUT2D eigenvalue weighted by Crippen LogP contribution is -2.27. The van der Waals surface area contributed by atoms with Gasteiger partial charge >= 0.3 is 0 Å². The number of hydrogen-bond donors (Lipinski definition) is 0. The van der Waals surface area contributed by atoms with E-state index in [1.165, 1.54) is 26.4 Å². The highest BCUT2D eigenvalue weighted by Crippen LogP contribution is 2.30. The summed E-state index contributed by atoms with van der Waals surface area (Å²) in [5.41, 5.74) is 0.369. The smallest absolute Gasteiger partial charge is 0.267 e. The van der Waals surface area contributed by atoms with Gasteiger partial charge in [-0.25, -0.2) is 13.4 Å². The highest BCUT2D eigenvalue weighted by atomic mass is 32.2. The lowest BCUT2D eigenvalue weighted by atomic mass is 10.4. The van der Waals surface area contributed by atoms with Crippen LogP contribution in [0, 0.1) is 13.8 Å². The van der Waals surface area contributed by atoms with Crippen molar-refractivity contribution >= 4 is 15.7 Å². The minimum Gasteiger partial charge on any atom is -0.479 e. The molecule has 0 amide bonds. The molecule has 0 atom stereocenters. The predicted octanol–water partition coefficient (Wildman–Crippen LogP) is 2.13. The summed E-state index contributed by atoms with van der Waals surface area (Å²) >= 11 is 0. The molecule has 6 nitrogen and oxygen atoms in total. The Balaban J connectivity index is 2.52. The number of rotatable bonds is 4. The quantitative estimate of drug-likeness (QED) is 0.864. The van der Waals surface area contributed by atoms with Gasteiger partial charge in [0.15, 0.2) is 0 Å². The molecule has 2 rings (SSSR count). The van der Waals surface area contributed by atoms with Crippen molar-refractivity contribution < 1.29 is 17.6 Å². The zero-order valence-electron chi connectivity index (χ0n) is 11.7. The first kappa shape index (κ1) is 14.4. The molecule has 108 valence electrons. The Morgan fingerprint density at radius 2 is 2.05 bits per heavy atom. The van der Waals surface area contributed by atoms with Crippen molar-refractivity contribution in [3.05, 3.63) is 35.9 Å². The minimum atomic E-state index is -3.71. The fourth-order valence-corrected chi connectivity index (χ4v) is 3.33. The van der Waals surface area contributed by atoms with Gasteiger partial charge in [0.2, 0.25) is 5.88 Å². The number of sulfonamides is 1. The van der Waals surface area contributed by atoms with Crippen LogP contribution in [-0.2, 0) is 10.0 Å². The van der Waals surface area contributed by atoms with Gasteiger partial charge in [-0.1, -0.05) is 0 Å². The van der Waals surface area contributed by atoms with Crippen molar-refractivity contribution in [2.45, 2.75) is 18.7 Å². The maximum atomic E-state index is 12.6. The maximum absolute atomic E-state index is 12.6. The number of aromatic nitrogens is 1. The van der Waals surface area contributed by atoms with Crippen LogP contribution >= 0.6 is 0 Å². The molecule has 2 aromatic heterocycles. The Labute approximate surface area is 118 Å². The lowest BCUT2D eigenvalue weighted by molar-refractivity contribution is 0.399. The molecule has 0 bridgehead atoms. The highest BCUT2D eigenvalue weighted by molar-refractivity contribution is 7.92. The zero-order valence-corrected chi connectivity index (χ0v) is 12.6. The number of anilines is 1. The van der Waals surface area contributed by atoms with Crippen molar-refractivity contribution in [3.8, 4) is 5.88 Å². The number of nitrogens with zero attached hydrogens (tertiary/aromatic N) is 2. The van der Waals surface area contributed by atoms with Crippen LogP contribution in [0.1, 0.15) is 11.5 Å².